The maximum Gasteiger partial charge on any atom is 0.267 e. The highest BCUT2D eigenvalue weighted by Crippen LogP contribution is 2.40. The van der Waals surface area contributed by atoms with Crippen LogP contribution in [-0.4, -0.2) is 35.2 Å². The van der Waals surface area contributed by atoms with Crippen LogP contribution in [0, 0.1) is 5.92 Å². The lowest BCUT2D eigenvalue weighted by atomic mass is 9.85. The Morgan fingerprint density at radius 1 is 1.09 bits per heavy atom. The standard InChI is InChI=1S/C27H32N2O3S/c1-18(2)32-23-15-14-20(16-24(23)31-4)17-25-26(30)29(22-13-9-8-10-19(22)3)27(33-25)28-21-11-6-5-7-12-21/h5-7,11-12,14-19,22H,8-10,13H2,1-4H3/b25-17-,28-27?/t19-,22+/m1/s1. The summed E-state index contributed by atoms with van der Waals surface area (Å²) in [6, 6.07) is 15.8. The largest absolute Gasteiger partial charge is 0.493 e. The molecule has 0 unspecified atom stereocenters. The lowest BCUT2D eigenvalue weighted by molar-refractivity contribution is -0.124. The van der Waals surface area contributed by atoms with Crippen molar-refractivity contribution in [2.75, 3.05) is 7.11 Å². The number of hydrogen-bond donors (Lipinski definition) is 0. The van der Waals surface area contributed by atoms with Gasteiger partial charge in [-0.1, -0.05) is 44.0 Å². The normalized spacial score (nSPS) is 23.5. The quantitative estimate of drug-likeness (QED) is 0.448. The fraction of sp³-hybridized carbons (Fsp3) is 0.407. The van der Waals surface area contributed by atoms with Crippen LogP contribution in [-0.2, 0) is 4.79 Å². The van der Waals surface area contributed by atoms with Gasteiger partial charge in [-0.05, 0) is 80.3 Å². The molecule has 0 N–H and O–H groups in total. The molecule has 1 saturated carbocycles. The third-order valence-electron chi connectivity index (χ3n) is 6.06. The molecule has 4 rings (SSSR count). The Hall–Kier alpha value is -2.73. The molecule has 2 aromatic carbocycles. The number of rotatable bonds is 6. The zero-order valence-corrected chi connectivity index (χ0v) is 20.6. The van der Waals surface area contributed by atoms with Crippen molar-refractivity contribution in [3.8, 4) is 11.5 Å². The summed E-state index contributed by atoms with van der Waals surface area (Å²) in [6.45, 7) is 6.22. The van der Waals surface area contributed by atoms with Crippen molar-refractivity contribution in [1.82, 2.24) is 4.90 Å². The number of benzene rings is 2. The van der Waals surface area contributed by atoms with Gasteiger partial charge in [-0.25, -0.2) is 4.99 Å². The van der Waals surface area contributed by atoms with Gasteiger partial charge in [0.25, 0.3) is 5.91 Å². The van der Waals surface area contributed by atoms with E-state index in [4.69, 9.17) is 14.5 Å². The van der Waals surface area contributed by atoms with Gasteiger partial charge >= 0.3 is 0 Å². The topological polar surface area (TPSA) is 51.1 Å². The van der Waals surface area contributed by atoms with Crippen LogP contribution in [0.2, 0.25) is 0 Å². The Bertz CT molecular complexity index is 1050. The zero-order valence-electron chi connectivity index (χ0n) is 19.8. The monoisotopic (exact) mass is 464 g/mol. The summed E-state index contributed by atoms with van der Waals surface area (Å²) in [6.07, 6.45) is 6.52. The molecule has 0 bridgehead atoms. The molecule has 2 aromatic rings. The summed E-state index contributed by atoms with van der Waals surface area (Å²) in [5, 5.41) is 0.767. The number of amides is 1. The molecule has 1 aliphatic carbocycles. The molecule has 33 heavy (non-hydrogen) atoms. The van der Waals surface area contributed by atoms with Crippen LogP contribution in [0.4, 0.5) is 5.69 Å². The Morgan fingerprint density at radius 3 is 2.55 bits per heavy atom. The van der Waals surface area contributed by atoms with Crippen LogP contribution in [0.1, 0.15) is 52.0 Å². The first kappa shape index (κ1) is 23.4. The maximum absolute atomic E-state index is 13.6. The summed E-state index contributed by atoms with van der Waals surface area (Å²) in [7, 11) is 1.63. The van der Waals surface area contributed by atoms with E-state index in [0.29, 0.717) is 22.3 Å². The second-order valence-corrected chi connectivity index (χ2v) is 9.93. The third kappa shape index (κ3) is 5.44. The summed E-state index contributed by atoms with van der Waals surface area (Å²) in [5.74, 6) is 1.85. The number of amidine groups is 1. The van der Waals surface area contributed by atoms with Crippen LogP contribution in [0.5, 0.6) is 11.5 Å². The highest BCUT2D eigenvalue weighted by Gasteiger charge is 2.41. The van der Waals surface area contributed by atoms with Crippen LogP contribution < -0.4 is 9.47 Å². The minimum atomic E-state index is 0.0369. The molecular formula is C27H32N2O3S. The van der Waals surface area contributed by atoms with E-state index in [2.05, 4.69) is 6.92 Å². The summed E-state index contributed by atoms with van der Waals surface area (Å²) in [5.41, 5.74) is 1.76. The van der Waals surface area contributed by atoms with Crippen LogP contribution in [0.15, 0.2) is 58.4 Å². The van der Waals surface area contributed by atoms with E-state index in [1.54, 1.807) is 7.11 Å². The van der Waals surface area contributed by atoms with Crippen LogP contribution >= 0.6 is 11.8 Å². The molecule has 2 atom stereocenters. The molecule has 2 aliphatic rings. The molecule has 0 spiro atoms. The van der Waals surface area contributed by atoms with E-state index >= 15 is 0 Å². The van der Waals surface area contributed by atoms with E-state index < -0.39 is 0 Å². The number of aliphatic imine (C=N–C) groups is 1. The number of ether oxygens (including phenoxy) is 2. The minimum absolute atomic E-state index is 0.0369. The predicted octanol–water partition coefficient (Wildman–Crippen LogP) is 6.67. The van der Waals surface area contributed by atoms with Crippen molar-refractivity contribution < 1.29 is 14.3 Å². The number of methoxy groups -OCH3 is 1. The first-order valence-electron chi connectivity index (χ1n) is 11.7. The Balaban J connectivity index is 1.68. The smallest absolute Gasteiger partial charge is 0.267 e. The van der Waals surface area contributed by atoms with Crippen LogP contribution in [0.3, 0.4) is 0 Å². The van der Waals surface area contributed by atoms with Crippen molar-refractivity contribution in [3.05, 3.63) is 59.0 Å². The van der Waals surface area contributed by atoms with Gasteiger partial charge in [0, 0.05) is 6.04 Å². The molecule has 1 aliphatic heterocycles. The molecular weight excluding hydrogens is 432 g/mol. The van der Waals surface area contributed by atoms with E-state index in [0.717, 1.165) is 35.7 Å². The zero-order chi connectivity index (χ0) is 23.4. The van der Waals surface area contributed by atoms with Gasteiger partial charge in [-0.2, -0.15) is 0 Å². The minimum Gasteiger partial charge on any atom is -0.493 e. The van der Waals surface area contributed by atoms with Gasteiger partial charge in [0.15, 0.2) is 16.7 Å². The van der Waals surface area contributed by atoms with Gasteiger partial charge in [-0.15, -0.1) is 0 Å². The SMILES string of the molecule is COc1cc(/C=C2\SC(=Nc3ccccc3)N([C@H]3CCCC[C@H]3C)C2=O)ccc1OC(C)C. The van der Waals surface area contributed by atoms with E-state index in [-0.39, 0.29) is 18.1 Å². The second-order valence-electron chi connectivity index (χ2n) is 8.92. The molecule has 1 saturated heterocycles. The third-order valence-corrected chi connectivity index (χ3v) is 7.05. The Labute approximate surface area is 200 Å². The Morgan fingerprint density at radius 2 is 1.85 bits per heavy atom. The predicted molar refractivity (Wildman–Crippen MR) is 136 cm³/mol. The van der Waals surface area contributed by atoms with E-state index in [1.807, 2.05) is 73.4 Å². The molecule has 1 amide bonds. The molecule has 0 radical (unpaired) electrons. The fourth-order valence-corrected chi connectivity index (χ4v) is 5.47. The first-order valence-corrected chi connectivity index (χ1v) is 12.5. The summed E-state index contributed by atoms with van der Waals surface area (Å²) < 4.78 is 11.4. The highest BCUT2D eigenvalue weighted by molar-refractivity contribution is 8.18. The van der Waals surface area contributed by atoms with Crippen molar-refractivity contribution in [1.29, 1.82) is 0 Å². The van der Waals surface area contributed by atoms with E-state index in [1.165, 1.54) is 18.2 Å². The Kier molecular flexibility index (Phi) is 7.43. The number of hydrogen-bond acceptors (Lipinski definition) is 5. The maximum atomic E-state index is 13.6. The van der Waals surface area contributed by atoms with Gasteiger partial charge in [0.1, 0.15) is 0 Å². The molecule has 5 nitrogen and oxygen atoms in total. The second kappa shape index (κ2) is 10.5. The molecule has 1 heterocycles. The lowest BCUT2D eigenvalue weighted by Crippen LogP contribution is -2.44. The van der Waals surface area contributed by atoms with Gasteiger partial charge < -0.3 is 9.47 Å². The number of thioether (sulfide) groups is 1. The molecule has 0 aromatic heterocycles. The van der Waals surface area contributed by atoms with Crippen molar-refractivity contribution in [2.45, 2.75) is 58.6 Å². The van der Waals surface area contributed by atoms with Gasteiger partial charge in [0.2, 0.25) is 0 Å². The van der Waals surface area contributed by atoms with Crippen molar-refractivity contribution >= 4 is 34.6 Å². The highest BCUT2D eigenvalue weighted by atomic mass is 32.2. The van der Waals surface area contributed by atoms with Gasteiger partial charge in [-0.3, -0.25) is 9.69 Å². The average molecular weight is 465 g/mol. The summed E-state index contributed by atoms with van der Waals surface area (Å²) >= 11 is 1.46. The molecule has 2 fully saturated rings. The molecule has 174 valence electrons. The first-order chi connectivity index (χ1) is 16.0. The number of para-hydroxylation sites is 1. The number of carbonyl (C=O) groups excluding carboxylic acids is 1. The van der Waals surface area contributed by atoms with Crippen LogP contribution in [0.25, 0.3) is 6.08 Å². The fourth-order valence-electron chi connectivity index (χ4n) is 4.43. The number of carbonyl (C=O) groups is 1. The van der Waals surface area contributed by atoms with Crippen molar-refractivity contribution in [3.63, 3.8) is 0 Å². The van der Waals surface area contributed by atoms with E-state index in [9.17, 15) is 4.79 Å². The lowest BCUT2D eigenvalue weighted by Gasteiger charge is -2.35. The van der Waals surface area contributed by atoms with Gasteiger partial charge in [0.05, 0.1) is 23.8 Å². The number of nitrogens with zero attached hydrogens (tertiary/aromatic N) is 2. The summed E-state index contributed by atoms with van der Waals surface area (Å²) in [4.78, 5) is 21.1. The van der Waals surface area contributed by atoms with Crippen molar-refractivity contribution in [2.24, 2.45) is 10.9 Å². The average Bonchev–Trinajstić information content (AvgIpc) is 3.10. The molecule has 6 heteroatoms.